The van der Waals surface area contributed by atoms with Crippen molar-refractivity contribution in [2.75, 3.05) is 6.61 Å². The lowest BCUT2D eigenvalue weighted by Gasteiger charge is -2.12. The zero-order chi connectivity index (χ0) is 21.6. The molecule has 158 valence electrons. The van der Waals surface area contributed by atoms with Crippen LogP contribution in [0.4, 0.5) is 0 Å². The molecule has 0 aliphatic carbocycles. The Kier molecular flexibility index (Phi) is 6.32. The van der Waals surface area contributed by atoms with Gasteiger partial charge in [-0.1, -0.05) is 54.6 Å². The molecule has 0 unspecified atom stereocenters. The van der Waals surface area contributed by atoms with E-state index in [-0.39, 0.29) is 12.5 Å². The first kappa shape index (κ1) is 20.7. The number of carbonyl (C=O) groups excluding carboxylic acids is 1. The van der Waals surface area contributed by atoms with E-state index in [0.29, 0.717) is 6.54 Å². The number of para-hydroxylation sites is 2. The smallest absolute Gasteiger partial charge is 0.258 e. The third-order valence-electron chi connectivity index (χ3n) is 5.56. The summed E-state index contributed by atoms with van der Waals surface area (Å²) < 4.78 is 7.91. The Morgan fingerprint density at radius 1 is 0.968 bits per heavy atom. The molecule has 5 nitrogen and oxygen atoms in total. The third kappa shape index (κ3) is 4.94. The van der Waals surface area contributed by atoms with Crippen LogP contribution < -0.4 is 10.1 Å². The van der Waals surface area contributed by atoms with Crippen LogP contribution in [0.2, 0.25) is 0 Å². The van der Waals surface area contributed by atoms with Crippen LogP contribution in [0.25, 0.3) is 11.0 Å². The van der Waals surface area contributed by atoms with Gasteiger partial charge in [0.15, 0.2) is 6.61 Å². The predicted molar refractivity (Wildman–Crippen MR) is 123 cm³/mol. The number of imidazole rings is 1. The molecule has 0 aliphatic heterocycles. The molecule has 0 bridgehead atoms. The SMILES string of the molecule is Cc1cccc(OCC(=O)NCc2nc3ccccc3n2CCc2ccccc2)c1C. The van der Waals surface area contributed by atoms with Crippen LogP contribution in [0.3, 0.4) is 0 Å². The van der Waals surface area contributed by atoms with Gasteiger partial charge in [-0.2, -0.15) is 0 Å². The Morgan fingerprint density at radius 3 is 2.58 bits per heavy atom. The van der Waals surface area contributed by atoms with Gasteiger partial charge in [0.25, 0.3) is 5.91 Å². The monoisotopic (exact) mass is 413 g/mol. The van der Waals surface area contributed by atoms with E-state index < -0.39 is 0 Å². The Labute approximate surface area is 182 Å². The molecule has 0 fully saturated rings. The second kappa shape index (κ2) is 9.47. The van der Waals surface area contributed by atoms with Crippen molar-refractivity contribution in [1.82, 2.24) is 14.9 Å². The minimum Gasteiger partial charge on any atom is -0.483 e. The Bertz CT molecular complexity index is 1180. The highest BCUT2D eigenvalue weighted by atomic mass is 16.5. The molecule has 4 rings (SSSR count). The molecule has 1 amide bonds. The quantitative estimate of drug-likeness (QED) is 0.460. The number of amides is 1. The number of ether oxygens (including phenoxy) is 1. The van der Waals surface area contributed by atoms with Crippen molar-refractivity contribution in [3.63, 3.8) is 0 Å². The molecule has 1 heterocycles. The molecule has 5 heteroatoms. The number of aryl methyl sites for hydroxylation is 3. The maximum atomic E-state index is 12.4. The van der Waals surface area contributed by atoms with Crippen molar-refractivity contribution in [2.45, 2.75) is 33.4 Å². The standard InChI is InChI=1S/C26H27N3O2/c1-19-9-8-14-24(20(19)2)31-18-26(30)27-17-25-28-22-12-6-7-13-23(22)29(25)16-15-21-10-4-3-5-11-21/h3-14H,15-18H2,1-2H3,(H,27,30). The van der Waals surface area contributed by atoms with E-state index in [4.69, 9.17) is 9.72 Å². The average molecular weight is 414 g/mol. The predicted octanol–water partition coefficient (Wildman–Crippen LogP) is 4.59. The first-order valence-corrected chi connectivity index (χ1v) is 10.6. The van der Waals surface area contributed by atoms with Crippen LogP contribution in [0.1, 0.15) is 22.5 Å². The highest BCUT2D eigenvalue weighted by molar-refractivity contribution is 5.78. The molecule has 31 heavy (non-hydrogen) atoms. The van der Waals surface area contributed by atoms with Crippen molar-refractivity contribution in [1.29, 1.82) is 0 Å². The van der Waals surface area contributed by atoms with Crippen molar-refractivity contribution < 1.29 is 9.53 Å². The first-order chi connectivity index (χ1) is 15.1. The number of fused-ring (bicyclic) bond motifs is 1. The van der Waals surface area contributed by atoms with Crippen molar-refractivity contribution >= 4 is 16.9 Å². The van der Waals surface area contributed by atoms with Gasteiger partial charge in [-0.3, -0.25) is 4.79 Å². The van der Waals surface area contributed by atoms with E-state index in [1.54, 1.807) is 0 Å². The number of benzene rings is 3. The third-order valence-corrected chi connectivity index (χ3v) is 5.56. The minimum absolute atomic E-state index is 0.0193. The maximum Gasteiger partial charge on any atom is 0.258 e. The molecule has 0 spiro atoms. The molecule has 0 saturated carbocycles. The van der Waals surface area contributed by atoms with Crippen molar-refractivity contribution in [3.8, 4) is 5.75 Å². The van der Waals surface area contributed by atoms with Gasteiger partial charge in [0.2, 0.25) is 0 Å². The number of hydrogen-bond acceptors (Lipinski definition) is 3. The van der Waals surface area contributed by atoms with Crippen LogP contribution in [-0.4, -0.2) is 22.1 Å². The summed E-state index contributed by atoms with van der Waals surface area (Å²) in [4.78, 5) is 17.2. The van der Waals surface area contributed by atoms with E-state index in [1.807, 2.05) is 56.3 Å². The Morgan fingerprint density at radius 2 is 1.74 bits per heavy atom. The first-order valence-electron chi connectivity index (χ1n) is 10.6. The Hall–Kier alpha value is -3.60. The van der Waals surface area contributed by atoms with E-state index in [2.05, 4.69) is 40.2 Å². The van der Waals surface area contributed by atoms with Gasteiger partial charge in [0.05, 0.1) is 17.6 Å². The van der Waals surface area contributed by atoms with E-state index in [9.17, 15) is 4.79 Å². The summed E-state index contributed by atoms with van der Waals surface area (Å²) in [5.74, 6) is 1.42. The zero-order valence-electron chi connectivity index (χ0n) is 18.0. The van der Waals surface area contributed by atoms with E-state index in [1.165, 1.54) is 5.56 Å². The topological polar surface area (TPSA) is 56.1 Å². The number of nitrogens with one attached hydrogen (secondary N) is 1. The van der Waals surface area contributed by atoms with Crippen LogP contribution in [-0.2, 0) is 24.3 Å². The summed E-state index contributed by atoms with van der Waals surface area (Å²) in [6.07, 6.45) is 0.901. The number of aromatic nitrogens is 2. The van der Waals surface area contributed by atoms with Gasteiger partial charge < -0.3 is 14.6 Å². The highest BCUT2D eigenvalue weighted by Gasteiger charge is 2.12. The van der Waals surface area contributed by atoms with Gasteiger partial charge >= 0.3 is 0 Å². The fourth-order valence-corrected chi connectivity index (χ4v) is 3.65. The second-order valence-corrected chi connectivity index (χ2v) is 7.67. The summed E-state index contributed by atoms with van der Waals surface area (Å²) in [6, 6.07) is 24.3. The number of rotatable bonds is 8. The van der Waals surface area contributed by atoms with Crippen LogP contribution in [0.15, 0.2) is 72.8 Å². The summed E-state index contributed by atoms with van der Waals surface area (Å²) in [7, 11) is 0. The number of nitrogens with zero attached hydrogens (tertiary/aromatic N) is 2. The molecule has 0 aliphatic rings. The zero-order valence-corrected chi connectivity index (χ0v) is 18.0. The molecule has 0 saturated heterocycles. The number of carbonyl (C=O) groups is 1. The summed E-state index contributed by atoms with van der Waals surface area (Å²) >= 11 is 0. The summed E-state index contributed by atoms with van der Waals surface area (Å²) in [5.41, 5.74) is 5.49. The van der Waals surface area contributed by atoms with Gasteiger partial charge in [-0.05, 0) is 55.2 Å². The largest absolute Gasteiger partial charge is 0.483 e. The van der Waals surface area contributed by atoms with Crippen molar-refractivity contribution in [2.24, 2.45) is 0 Å². The van der Waals surface area contributed by atoms with Crippen molar-refractivity contribution in [3.05, 3.63) is 95.3 Å². The van der Waals surface area contributed by atoms with Gasteiger partial charge in [0, 0.05) is 6.54 Å². The lowest BCUT2D eigenvalue weighted by molar-refractivity contribution is -0.123. The molecule has 4 aromatic rings. The minimum atomic E-state index is -0.164. The fourth-order valence-electron chi connectivity index (χ4n) is 3.65. The van der Waals surface area contributed by atoms with Gasteiger partial charge in [0.1, 0.15) is 11.6 Å². The molecule has 3 aromatic carbocycles. The fraction of sp³-hybridized carbons (Fsp3) is 0.231. The normalized spacial score (nSPS) is 10.9. The van der Waals surface area contributed by atoms with Gasteiger partial charge in [-0.15, -0.1) is 0 Å². The lowest BCUT2D eigenvalue weighted by atomic mass is 10.1. The average Bonchev–Trinajstić information content (AvgIpc) is 3.15. The molecule has 1 N–H and O–H groups in total. The van der Waals surface area contributed by atoms with Crippen LogP contribution >= 0.6 is 0 Å². The number of hydrogen-bond donors (Lipinski definition) is 1. The Balaban J connectivity index is 1.42. The highest BCUT2D eigenvalue weighted by Crippen LogP contribution is 2.20. The molecule has 1 aromatic heterocycles. The van der Waals surface area contributed by atoms with Crippen LogP contribution in [0.5, 0.6) is 5.75 Å². The molecular formula is C26H27N3O2. The van der Waals surface area contributed by atoms with E-state index in [0.717, 1.165) is 46.7 Å². The summed E-state index contributed by atoms with van der Waals surface area (Å²) in [6.45, 7) is 5.17. The van der Waals surface area contributed by atoms with Gasteiger partial charge in [-0.25, -0.2) is 4.98 Å². The molecule has 0 radical (unpaired) electrons. The molecular weight excluding hydrogens is 386 g/mol. The summed E-state index contributed by atoms with van der Waals surface area (Å²) in [5, 5.41) is 2.96. The lowest BCUT2D eigenvalue weighted by Crippen LogP contribution is -2.29. The van der Waals surface area contributed by atoms with E-state index >= 15 is 0 Å². The maximum absolute atomic E-state index is 12.4. The van der Waals surface area contributed by atoms with Crippen LogP contribution in [0, 0.1) is 13.8 Å². The molecule has 0 atom stereocenters. The second-order valence-electron chi connectivity index (χ2n) is 7.67.